The fourth-order valence-corrected chi connectivity index (χ4v) is 3.26. The number of morpholine rings is 1. The molecule has 0 spiro atoms. The van der Waals surface area contributed by atoms with Gasteiger partial charge in [0.05, 0.1) is 25.4 Å². The van der Waals surface area contributed by atoms with Gasteiger partial charge in [-0.25, -0.2) is 4.79 Å². The Bertz CT molecular complexity index is 678. The summed E-state index contributed by atoms with van der Waals surface area (Å²) in [7, 11) is 0. The highest BCUT2D eigenvalue weighted by molar-refractivity contribution is 5.89. The predicted molar refractivity (Wildman–Crippen MR) is 103 cm³/mol. The van der Waals surface area contributed by atoms with E-state index in [9.17, 15) is 4.79 Å². The monoisotopic (exact) mass is 353 g/mol. The van der Waals surface area contributed by atoms with Gasteiger partial charge in [-0.05, 0) is 29.7 Å². The van der Waals surface area contributed by atoms with Gasteiger partial charge in [-0.3, -0.25) is 4.90 Å². The molecule has 4 nitrogen and oxygen atoms in total. The highest BCUT2D eigenvalue weighted by Crippen LogP contribution is 2.26. The lowest BCUT2D eigenvalue weighted by atomic mass is 9.90. The zero-order chi connectivity index (χ0) is 18.2. The van der Waals surface area contributed by atoms with Gasteiger partial charge in [-0.15, -0.1) is 0 Å². The van der Waals surface area contributed by atoms with E-state index in [1.165, 1.54) is 11.1 Å². The highest BCUT2D eigenvalue weighted by Gasteiger charge is 2.20. The summed E-state index contributed by atoms with van der Waals surface area (Å²) >= 11 is 0. The third-order valence-electron chi connectivity index (χ3n) is 4.73. The summed E-state index contributed by atoms with van der Waals surface area (Å²) in [5, 5.41) is 0. The maximum absolute atomic E-state index is 12.0. The molecule has 138 valence electrons. The normalized spacial score (nSPS) is 16.2. The van der Waals surface area contributed by atoms with E-state index >= 15 is 0 Å². The Hall–Kier alpha value is -2.17. The van der Waals surface area contributed by atoms with Crippen LogP contribution in [-0.4, -0.2) is 50.3 Å². The lowest BCUT2D eigenvalue weighted by molar-refractivity contribution is 0.0365. The molecule has 1 atom stereocenters. The fraction of sp³-hybridized carbons (Fsp3) is 0.409. The van der Waals surface area contributed by atoms with Crippen molar-refractivity contribution in [3.63, 3.8) is 0 Å². The Labute approximate surface area is 155 Å². The molecule has 0 unspecified atom stereocenters. The van der Waals surface area contributed by atoms with Gasteiger partial charge < -0.3 is 9.47 Å². The van der Waals surface area contributed by atoms with Crippen molar-refractivity contribution in [2.45, 2.75) is 19.3 Å². The molecule has 0 bridgehead atoms. The van der Waals surface area contributed by atoms with Gasteiger partial charge in [0.1, 0.15) is 0 Å². The molecule has 1 fully saturated rings. The van der Waals surface area contributed by atoms with Crippen LogP contribution in [0.25, 0.3) is 0 Å². The number of hydrogen-bond donors (Lipinski definition) is 0. The van der Waals surface area contributed by atoms with E-state index in [0.29, 0.717) is 12.2 Å². The lowest BCUT2D eigenvalue weighted by Crippen LogP contribution is -2.39. The van der Waals surface area contributed by atoms with Crippen LogP contribution in [0.15, 0.2) is 54.6 Å². The van der Waals surface area contributed by atoms with Crippen LogP contribution < -0.4 is 0 Å². The van der Waals surface area contributed by atoms with Crippen molar-refractivity contribution in [2.24, 2.45) is 0 Å². The molecule has 0 amide bonds. The van der Waals surface area contributed by atoms with Crippen LogP contribution in [0.1, 0.15) is 40.7 Å². The van der Waals surface area contributed by atoms with Gasteiger partial charge in [0.25, 0.3) is 0 Å². The molecule has 0 saturated carbocycles. The molecule has 0 aromatic heterocycles. The van der Waals surface area contributed by atoms with Crippen LogP contribution in [0, 0.1) is 0 Å². The zero-order valence-electron chi connectivity index (χ0n) is 15.4. The average Bonchev–Trinajstić information content (AvgIpc) is 2.72. The maximum atomic E-state index is 12.0. The standard InChI is InChI=1S/C22H27NO3/c1-2-14-26-22(24)20-10-8-19(9-11-20)21(18-6-4-3-5-7-18)17-23-12-15-25-16-13-23/h3-11,21H,2,12-17H2,1H3/t21-/m1/s1. The molecule has 1 aliphatic rings. The van der Waals surface area contributed by atoms with E-state index in [-0.39, 0.29) is 11.9 Å². The van der Waals surface area contributed by atoms with Crippen molar-refractivity contribution in [3.05, 3.63) is 71.3 Å². The highest BCUT2D eigenvalue weighted by atomic mass is 16.5. The third kappa shape index (κ3) is 4.93. The van der Waals surface area contributed by atoms with Gasteiger partial charge in [0.15, 0.2) is 0 Å². The second-order valence-electron chi connectivity index (χ2n) is 6.63. The molecule has 0 aliphatic carbocycles. The van der Waals surface area contributed by atoms with Crippen molar-refractivity contribution in [2.75, 3.05) is 39.5 Å². The Kier molecular flexibility index (Phi) is 6.81. The number of rotatable bonds is 7. The largest absolute Gasteiger partial charge is 0.462 e. The minimum atomic E-state index is -0.247. The van der Waals surface area contributed by atoms with E-state index in [1.807, 2.05) is 25.1 Å². The molecule has 2 aromatic rings. The molecule has 0 radical (unpaired) electrons. The maximum Gasteiger partial charge on any atom is 0.338 e. The molecule has 1 heterocycles. The smallest absolute Gasteiger partial charge is 0.338 e. The van der Waals surface area contributed by atoms with Crippen molar-refractivity contribution in [1.29, 1.82) is 0 Å². The number of nitrogens with zero attached hydrogens (tertiary/aromatic N) is 1. The minimum Gasteiger partial charge on any atom is -0.462 e. The molecule has 1 saturated heterocycles. The quantitative estimate of drug-likeness (QED) is 0.711. The van der Waals surface area contributed by atoms with E-state index < -0.39 is 0 Å². The number of benzene rings is 2. The van der Waals surface area contributed by atoms with Crippen LogP contribution in [0.5, 0.6) is 0 Å². The number of hydrogen-bond acceptors (Lipinski definition) is 4. The fourth-order valence-electron chi connectivity index (χ4n) is 3.26. The minimum absolute atomic E-state index is 0.247. The molecule has 26 heavy (non-hydrogen) atoms. The zero-order valence-corrected chi connectivity index (χ0v) is 15.4. The summed E-state index contributed by atoms with van der Waals surface area (Å²) in [4.78, 5) is 14.5. The van der Waals surface area contributed by atoms with Crippen LogP contribution in [0.2, 0.25) is 0 Å². The Morgan fingerprint density at radius 3 is 2.35 bits per heavy atom. The van der Waals surface area contributed by atoms with Crippen LogP contribution >= 0.6 is 0 Å². The summed E-state index contributed by atoms with van der Waals surface area (Å²) in [5.74, 6) is 0.0258. The molecular weight excluding hydrogens is 326 g/mol. The molecule has 2 aromatic carbocycles. The van der Waals surface area contributed by atoms with Gasteiger partial charge in [0.2, 0.25) is 0 Å². The van der Waals surface area contributed by atoms with Gasteiger partial charge >= 0.3 is 5.97 Å². The Morgan fingerprint density at radius 1 is 1.04 bits per heavy atom. The summed E-state index contributed by atoms with van der Waals surface area (Å²) in [6.07, 6.45) is 0.833. The first-order chi connectivity index (χ1) is 12.8. The first-order valence-corrected chi connectivity index (χ1v) is 9.40. The van der Waals surface area contributed by atoms with Crippen LogP contribution in [0.4, 0.5) is 0 Å². The average molecular weight is 353 g/mol. The van der Waals surface area contributed by atoms with Crippen molar-refractivity contribution in [1.82, 2.24) is 4.90 Å². The van der Waals surface area contributed by atoms with Gasteiger partial charge in [0, 0.05) is 25.6 Å². The van der Waals surface area contributed by atoms with Gasteiger partial charge in [-0.2, -0.15) is 0 Å². The number of ether oxygens (including phenoxy) is 2. The van der Waals surface area contributed by atoms with E-state index in [1.54, 1.807) is 0 Å². The topological polar surface area (TPSA) is 38.8 Å². The summed E-state index contributed by atoms with van der Waals surface area (Å²) in [6.45, 7) is 6.92. The second-order valence-corrected chi connectivity index (χ2v) is 6.63. The Morgan fingerprint density at radius 2 is 1.69 bits per heavy atom. The van der Waals surface area contributed by atoms with Crippen molar-refractivity contribution < 1.29 is 14.3 Å². The molecule has 4 heteroatoms. The molecule has 1 aliphatic heterocycles. The Balaban J connectivity index is 1.78. The summed E-state index contributed by atoms with van der Waals surface area (Å²) in [6, 6.07) is 18.4. The summed E-state index contributed by atoms with van der Waals surface area (Å²) < 4.78 is 10.7. The van der Waals surface area contributed by atoms with Gasteiger partial charge in [-0.1, -0.05) is 49.4 Å². The first-order valence-electron chi connectivity index (χ1n) is 9.40. The van der Waals surface area contributed by atoms with Crippen molar-refractivity contribution >= 4 is 5.97 Å². The number of carbonyl (C=O) groups is 1. The van der Waals surface area contributed by atoms with Crippen LogP contribution in [-0.2, 0) is 9.47 Å². The first kappa shape index (κ1) is 18.6. The summed E-state index contributed by atoms with van der Waals surface area (Å²) in [5.41, 5.74) is 3.12. The van der Waals surface area contributed by atoms with Crippen LogP contribution in [0.3, 0.4) is 0 Å². The molecule has 0 N–H and O–H groups in total. The van der Waals surface area contributed by atoms with E-state index in [4.69, 9.17) is 9.47 Å². The molecular formula is C22H27NO3. The van der Waals surface area contributed by atoms with E-state index in [2.05, 4.69) is 41.3 Å². The second kappa shape index (κ2) is 9.51. The SMILES string of the molecule is CCCOC(=O)c1ccc([C@H](CN2CCOCC2)c2ccccc2)cc1. The van der Waals surface area contributed by atoms with Crippen molar-refractivity contribution in [3.8, 4) is 0 Å². The molecule has 3 rings (SSSR count). The third-order valence-corrected chi connectivity index (χ3v) is 4.73. The predicted octanol–water partition coefficient (Wildman–Crippen LogP) is 3.72. The number of carbonyl (C=O) groups excluding carboxylic acids is 1. The van der Waals surface area contributed by atoms with E-state index in [0.717, 1.165) is 39.3 Å². The number of esters is 1. The lowest BCUT2D eigenvalue weighted by Gasteiger charge is -2.31.